The van der Waals surface area contributed by atoms with Crippen LogP contribution in [-0.4, -0.2) is 20.6 Å². The van der Waals surface area contributed by atoms with Crippen LogP contribution in [0.3, 0.4) is 0 Å². The lowest BCUT2D eigenvalue weighted by atomic mass is 9.92. The predicted molar refractivity (Wildman–Crippen MR) is 57.7 cm³/mol. The Morgan fingerprint density at radius 1 is 1.50 bits per heavy atom. The van der Waals surface area contributed by atoms with Crippen LogP contribution in [0, 0.1) is 10.1 Å². The molecule has 1 N–H and O–H groups in total. The smallest absolute Gasteiger partial charge is 0.359 e. The van der Waals surface area contributed by atoms with Crippen molar-refractivity contribution in [1.82, 2.24) is 4.57 Å². The zero-order valence-corrected chi connectivity index (χ0v) is 9.64. The van der Waals surface area contributed by atoms with Crippen molar-refractivity contribution in [2.45, 2.75) is 26.2 Å². The SMILES string of the molecule is Cn1c(C(C)(C)C)cc([N+](=O)[O-])c1C(=O)O. The number of nitrogens with zero attached hydrogens (tertiary/aromatic N) is 2. The maximum Gasteiger partial charge on any atom is 0.359 e. The molecule has 0 aliphatic rings. The largest absolute Gasteiger partial charge is 0.476 e. The van der Waals surface area contributed by atoms with E-state index in [2.05, 4.69) is 0 Å². The Bertz CT molecular complexity index is 454. The number of hydrogen-bond acceptors (Lipinski definition) is 3. The summed E-state index contributed by atoms with van der Waals surface area (Å²) in [5.74, 6) is -1.29. The van der Waals surface area contributed by atoms with Gasteiger partial charge >= 0.3 is 11.7 Å². The van der Waals surface area contributed by atoms with Gasteiger partial charge in [0, 0.05) is 24.2 Å². The van der Waals surface area contributed by atoms with E-state index in [0.29, 0.717) is 5.69 Å². The summed E-state index contributed by atoms with van der Waals surface area (Å²) in [7, 11) is 1.52. The van der Waals surface area contributed by atoms with Crippen LogP contribution in [0.1, 0.15) is 37.0 Å². The number of carbonyl (C=O) groups is 1. The summed E-state index contributed by atoms with van der Waals surface area (Å²) < 4.78 is 1.36. The third kappa shape index (κ3) is 1.91. The van der Waals surface area contributed by atoms with E-state index >= 15 is 0 Å². The molecule has 0 unspecified atom stereocenters. The summed E-state index contributed by atoms with van der Waals surface area (Å²) >= 11 is 0. The minimum Gasteiger partial charge on any atom is -0.476 e. The molecule has 16 heavy (non-hydrogen) atoms. The summed E-state index contributed by atoms with van der Waals surface area (Å²) in [6.07, 6.45) is 0. The second-order valence-corrected chi connectivity index (χ2v) is 4.63. The molecule has 0 saturated heterocycles. The molecular weight excluding hydrogens is 212 g/mol. The fourth-order valence-corrected chi connectivity index (χ4v) is 1.70. The molecule has 88 valence electrons. The standard InChI is InChI=1S/C10H14N2O4/c1-10(2,3)7-5-6(12(15)16)8(9(13)14)11(7)4/h5H,1-4H3,(H,13,14). The zero-order chi connectivity index (χ0) is 12.7. The monoisotopic (exact) mass is 226 g/mol. The van der Waals surface area contributed by atoms with Crippen LogP contribution in [0.15, 0.2) is 6.07 Å². The molecule has 0 aromatic carbocycles. The van der Waals surface area contributed by atoms with Gasteiger partial charge in [-0.15, -0.1) is 0 Å². The number of carboxylic acid groups (broad SMARTS) is 1. The van der Waals surface area contributed by atoms with E-state index < -0.39 is 10.9 Å². The van der Waals surface area contributed by atoms with Gasteiger partial charge in [0.25, 0.3) is 0 Å². The average molecular weight is 226 g/mol. The van der Waals surface area contributed by atoms with E-state index in [1.807, 2.05) is 20.8 Å². The Hall–Kier alpha value is -1.85. The van der Waals surface area contributed by atoms with Crippen molar-refractivity contribution in [1.29, 1.82) is 0 Å². The van der Waals surface area contributed by atoms with Crippen LogP contribution >= 0.6 is 0 Å². The molecule has 0 atom stereocenters. The van der Waals surface area contributed by atoms with Gasteiger partial charge in [0.05, 0.1) is 4.92 Å². The highest BCUT2D eigenvalue weighted by atomic mass is 16.6. The van der Waals surface area contributed by atoms with Gasteiger partial charge in [-0.1, -0.05) is 20.8 Å². The van der Waals surface area contributed by atoms with Gasteiger partial charge in [0.15, 0.2) is 0 Å². The van der Waals surface area contributed by atoms with Crippen molar-refractivity contribution in [3.63, 3.8) is 0 Å². The minimum absolute atomic E-state index is 0.282. The maximum atomic E-state index is 11.0. The minimum atomic E-state index is -1.29. The molecular formula is C10H14N2O4. The van der Waals surface area contributed by atoms with Crippen molar-refractivity contribution in [2.24, 2.45) is 7.05 Å². The molecule has 1 heterocycles. The summed E-state index contributed by atoms with van der Waals surface area (Å²) in [6.45, 7) is 5.62. The van der Waals surface area contributed by atoms with E-state index in [9.17, 15) is 14.9 Å². The Balaban J connectivity index is 3.54. The van der Waals surface area contributed by atoms with E-state index in [-0.39, 0.29) is 16.8 Å². The first kappa shape index (κ1) is 12.2. The number of aromatic carboxylic acids is 1. The van der Waals surface area contributed by atoms with Gasteiger partial charge in [-0.3, -0.25) is 10.1 Å². The fraction of sp³-hybridized carbons (Fsp3) is 0.500. The van der Waals surface area contributed by atoms with Crippen molar-refractivity contribution in [3.05, 3.63) is 27.6 Å². The molecule has 1 aromatic rings. The van der Waals surface area contributed by atoms with Crippen LogP contribution in [-0.2, 0) is 12.5 Å². The summed E-state index contributed by atoms with van der Waals surface area (Å²) in [5, 5.41) is 19.7. The predicted octanol–water partition coefficient (Wildman–Crippen LogP) is 1.93. The summed E-state index contributed by atoms with van der Waals surface area (Å²) in [6, 6.07) is 1.32. The van der Waals surface area contributed by atoms with E-state index in [4.69, 9.17) is 5.11 Å². The van der Waals surface area contributed by atoms with Crippen LogP contribution in [0.5, 0.6) is 0 Å². The molecule has 0 bridgehead atoms. The van der Waals surface area contributed by atoms with Gasteiger partial charge in [0.2, 0.25) is 5.69 Å². The van der Waals surface area contributed by atoms with Gasteiger partial charge in [0.1, 0.15) is 0 Å². The van der Waals surface area contributed by atoms with E-state index in [1.54, 1.807) is 0 Å². The Labute approximate surface area is 92.6 Å². The van der Waals surface area contributed by atoms with Crippen molar-refractivity contribution >= 4 is 11.7 Å². The molecule has 1 rings (SSSR count). The highest BCUT2D eigenvalue weighted by Gasteiger charge is 2.31. The van der Waals surface area contributed by atoms with Crippen LogP contribution < -0.4 is 0 Å². The molecule has 0 radical (unpaired) electrons. The fourth-order valence-electron chi connectivity index (χ4n) is 1.70. The third-order valence-corrected chi connectivity index (χ3v) is 2.38. The van der Waals surface area contributed by atoms with E-state index in [1.165, 1.54) is 17.7 Å². The number of aromatic nitrogens is 1. The second-order valence-electron chi connectivity index (χ2n) is 4.63. The normalized spacial score (nSPS) is 11.5. The molecule has 0 aliphatic heterocycles. The van der Waals surface area contributed by atoms with Gasteiger partial charge in [-0.2, -0.15) is 0 Å². The first-order chi connectivity index (χ1) is 7.16. The van der Waals surface area contributed by atoms with Gasteiger partial charge in [-0.25, -0.2) is 4.79 Å². The third-order valence-electron chi connectivity index (χ3n) is 2.38. The first-order valence-electron chi connectivity index (χ1n) is 4.74. The molecule has 6 heteroatoms. The zero-order valence-electron chi connectivity index (χ0n) is 9.64. The van der Waals surface area contributed by atoms with Crippen LogP contribution in [0.2, 0.25) is 0 Å². The number of carboxylic acids is 1. The quantitative estimate of drug-likeness (QED) is 0.616. The molecule has 1 aromatic heterocycles. The van der Waals surface area contributed by atoms with Crippen molar-refractivity contribution in [2.75, 3.05) is 0 Å². The number of nitro groups is 1. The Kier molecular flexibility index (Phi) is 2.77. The average Bonchev–Trinajstić information content (AvgIpc) is 2.41. The van der Waals surface area contributed by atoms with Crippen LogP contribution in [0.25, 0.3) is 0 Å². The lowest BCUT2D eigenvalue weighted by Gasteiger charge is -2.19. The topological polar surface area (TPSA) is 85.4 Å². The molecule has 0 amide bonds. The first-order valence-corrected chi connectivity index (χ1v) is 4.74. The molecule has 6 nitrogen and oxygen atoms in total. The lowest BCUT2D eigenvalue weighted by molar-refractivity contribution is -0.385. The number of rotatable bonds is 2. The maximum absolute atomic E-state index is 11.0. The Morgan fingerprint density at radius 3 is 2.25 bits per heavy atom. The summed E-state index contributed by atoms with van der Waals surface area (Å²) in [5.41, 5.74) is -0.362. The second kappa shape index (κ2) is 3.62. The molecule has 0 aliphatic carbocycles. The molecule has 0 saturated carbocycles. The molecule has 0 fully saturated rings. The molecule has 0 spiro atoms. The summed E-state index contributed by atoms with van der Waals surface area (Å²) in [4.78, 5) is 21.0. The highest BCUT2D eigenvalue weighted by Crippen LogP contribution is 2.30. The van der Waals surface area contributed by atoms with Crippen molar-refractivity contribution < 1.29 is 14.8 Å². The van der Waals surface area contributed by atoms with Crippen LogP contribution in [0.4, 0.5) is 5.69 Å². The van der Waals surface area contributed by atoms with E-state index in [0.717, 1.165) is 0 Å². The lowest BCUT2D eigenvalue weighted by Crippen LogP contribution is -2.18. The van der Waals surface area contributed by atoms with Crippen molar-refractivity contribution in [3.8, 4) is 0 Å². The Morgan fingerprint density at radius 2 is 2.00 bits per heavy atom. The van der Waals surface area contributed by atoms with Gasteiger partial charge in [-0.05, 0) is 0 Å². The van der Waals surface area contributed by atoms with Gasteiger partial charge < -0.3 is 9.67 Å². The highest BCUT2D eigenvalue weighted by molar-refractivity contribution is 5.91. The number of hydrogen-bond donors (Lipinski definition) is 1.